The summed E-state index contributed by atoms with van der Waals surface area (Å²) in [4.78, 5) is 13.3. The lowest BCUT2D eigenvalue weighted by molar-refractivity contribution is 0.102. The van der Waals surface area contributed by atoms with Gasteiger partial charge in [-0.15, -0.1) is 11.8 Å². The molecule has 2 aromatic carbocycles. The number of hydrogen-bond donors (Lipinski definition) is 1. The summed E-state index contributed by atoms with van der Waals surface area (Å²) >= 11 is 1.67. The summed E-state index contributed by atoms with van der Waals surface area (Å²) in [5.41, 5.74) is 2.87. The lowest BCUT2D eigenvalue weighted by Crippen LogP contribution is -2.13. The van der Waals surface area contributed by atoms with Crippen molar-refractivity contribution in [1.29, 1.82) is 0 Å². The topological polar surface area (TPSA) is 29.1 Å². The zero-order valence-corrected chi connectivity index (χ0v) is 13.8. The minimum absolute atomic E-state index is 0.0776. The van der Waals surface area contributed by atoms with Crippen LogP contribution in [0.25, 0.3) is 0 Å². The molecule has 0 aliphatic heterocycles. The fourth-order valence-electron chi connectivity index (χ4n) is 2.00. The van der Waals surface area contributed by atoms with Gasteiger partial charge < -0.3 is 5.32 Å². The van der Waals surface area contributed by atoms with E-state index in [0.717, 1.165) is 10.6 Å². The zero-order valence-electron chi connectivity index (χ0n) is 12.9. The molecule has 0 aliphatic carbocycles. The van der Waals surface area contributed by atoms with Crippen LogP contribution in [-0.2, 0) is 5.41 Å². The van der Waals surface area contributed by atoms with Crippen LogP contribution in [-0.4, -0.2) is 12.2 Å². The Kier molecular flexibility index (Phi) is 4.73. The van der Waals surface area contributed by atoms with E-state index in [1.165, 1.54) is 5.56 Å². The lowest BCUT2D eigenvalue weighted by Gasteiger charge is -2.19. The largest absolute Gasteiger partial charge is 0.322 e. The summed E-state index contributed by atoms with van der Waals surface area (Å²) in [7, 11) is 0. The van der Waals surface area contributed by atoms with Gasteiger partial charge in [-0.2, -0.15) is 0 Å². The summed E-state index contributed by atoms with van der Waals surface area (Å²) in [5, 5.41) is 2.93. The van der Waals surface area contributed by atoms with E-state index >= 15 is 0 Å². The van der Waals surface area contributed by atoms with Crippen LogP contribution in [0.3, 0.4) is 0 Å². The standard InChI is InChI=1S/C18H21NOS/c1-18(2,3)14-7-9-15(10-8-14)19-17(20)13-5-11-16(21-4)12-6-13/h5-12H,1-4H3,(H,19,20). The SMILES string of the molecule is CSc1ccc(C(=O)Nc2ccc(C(C)(C)C)cc2)cc1. The molecule has 21 heavy (non-hydrogen) atoms. The number of carbonyl (C=O) groups is 1. The number of thioether (sulfide) groups is 1. The maximum atomic E-state index is 12.2. The van der Waals surface area contributed by atoms with Crippen LogP contribution in [0, 0.1) is 0 Å². The van der Waals surface area contributed by atoms with Crippen molar-refractivity contribution in [2.45, 2.75) is 31.1 Å². The highest BCUT2D eigenvalue weighted by molar-refractivity contribution is 7.98. The Bertz CT molecular complexity index is 609. The third-order valence-electron chi connectivity index (χ3n) is 3.36. The van der Waals surface area contributed by atoms with Gasteiger partial charge in [0.1, 0.15) is 0 Å². The van der Waals surface area contributed by atoms with Crippen LogP contribution in [0.15, 0.2) is 53.4 Å². The van der Waals surface area contributed by atoms with Gasteiger partial charge in [-0.1, -0.05) is 32.9 Å². The number of carbonyl (C=O) groups excluding carboxylic acids is 1. The van der Waals surface area contributed by atoms with Gasteiger partial charge in [0, 0.05) is 16.1 Å². The lowest BCUT2D eigenvalue weighted by atomic mass is 9.87. The normalized spacial score (nSPS) is 11.2. The van der Waals surface area contributed by atoms with Crippen molar-refractivity contribution in [2.24, 2.45) is 0 Å². The second kappa shape index (κ2) is 6.35. The van der Waals surface area contributed by atoms with Crippen molar-refractivity contribution in [3.8, 4) is 0 Å². The number of anilines is 1. The van der Waals surface area contributed by atoms with E-state index in [2.05, 4.69) is 38.2 Å². The molecule has 0 aliphatic rings. The number of nitrogens with one attached hydrogen (secondary N) is 1. The first-order chi connectivity index (χ1) is 9.90. The van der Waals surface area contributed by atoms with Crippen LogP contribution < -0.4 is 5.32 Å². The number of rotatable bonds is 3. The predicted octanol–water partition coefficient (Wildman–Crippen LogP) is 4.96. The summed E-state index contributed by atoms with van der Waals surface area (Å²) in [6.07, 6.45) is 2.02. The van der Waals surface area contributed by atoms with Crippen molar-refractivity contribution < 1.29 is 4.79 Å². The molecular formula is C18H21NOS. The Morgan fingerprint density at radius 2 is 1.52 bits per heavy atom. The average molecular weight is 299 g/mol. The second-order valence-electron chi connectivity index (χ2n) is 6.01. The molecule has 0 atom stereocenters. The van der Waals surface area contributed by atoms with Crippen molar-refractivity contribution in [1.82, 2.24) is 0 Å². The molecule has 1 amide bonds. The predicted molar refractivity (Wildman–Crippen MR) is 91.3 cm³/mol. The fraction of sp³-hybridized carbons (Fsp3) is 0.278. The van der Waals surface area contributed by atoms with Gasteiger partial charge in [0.25, 0.3) is 5.91 Å². The van der Waals surface area contributed by atoms with Crippen LogP contribution in [0.5, 0.6) is 0 Å². The second-order valence-corrected chi connectivity index (χ2v) is 6.89. The van der Waals surface area contributed by atoms with Crippen molar-refractivity contribution in [3.05, 3.63) is 59.7 Å². The molecule has 0 bridgehead atoms. The highest BCUT2D eigenvalue weighted by Gasteiger charge is 2.13. The minimum atomic E-state index is -0.0776. The number of amides is 1. The molecule has 0 saturated heterocycles. The molecule has 0 radical (unpaired) electrons. The van der Waals surface area contributed by atoms with Gasteiger partial charge in [-0.25, -0.2) is 0 Å². The molecule has 0 fully saturated rings. The van der Waals surface area contributed by atoms with Gasteiger partial charge in [-0.05, 0) is 53.6 Å². The third-order valence-corrected chi connectivity index (χ3v) is 4.10. The molecular weight excluding hydrogens is 278 g/mol. The average Bonchev–Trinajstić information content (AvgIpc) is 2.47. The highest BCUT2D eigenvalue weighted by atomic mass is 32.2. The van der Waals surface area contributed by atoms with E-state index in [0.29, 0.717) is 5.56 Å². The maximum Gasteiger partial charge on any atom is 0.255 e. The molecule has 0 unspecified atom stereocenters. The number of hydrogen-bond acceptors (Lipinski definition) is 2. The molecule has 0 saturated carbocycles. The summed E-state index contributed by atoms with van der Waals surface area (Å²) in [5.74, 6) is -0.0776. The van der Waals surface area contributed by atoms with E-state index in [9.17, 15) is 4.79 Å². The van der Waals surface area contributed by atoms with Gasteiger partial charge in [0.2, 0.25) is 0 Å². The van der Waals surface area contributed by atoms with Crippen molar-refractivity contribution in [3.63, 3.8) is 0 Å². The zero-order chi connectivity index (χ0) is 15.5. The van der Waals surface area contributed by atoms with E-state index in [4.69, 9.17) is 0 Å². The Hall–Kier alpha value is -1.74. The fourth-order valence-corrected chi connectivity index (χ4v) is 2.41. The summed E-state index contributed by atoms with van der Waals surface area (Å²) < 4.78 is 0. The summed E-state index contributed by atoms with van der Waals surface area (Å²) in [6, 6.07) is 15.7. The first-order valence-corrected chi connectivity index (χ1v) is 8.18. The summed E-state index contributed by atoms with van der Waals surface area (Å²) in [6.45, 7) is 6.52. The Morgan fingerprint density at radius 1 is 0.952 bits per heavy atom. The minimum Gasteiger partial charge on any atom is -0.322 e. The maximum absolute atomic E-state index is 12.2. The Labute approximate surface area is 131 Å². The molecule has 2 rings (SSSR count). The molecule has 0 spiro atoms. The molecule has 2 aromatic rings. The Balaban J connectivity index is 2.08. The molecule has 1 N–H and O–H groups in total. The Morgan fingerprint density at radius 3 is 2.00 bits per heavy atom. The van der Waals surface area contributed by atoms with Crippen molar-refractivity contribution >= 4 is 23.4 Å². The quantitative estimate of drug-likeness (QED) is 0.812. The molecule has 0 heterocycles. The smallest absolute Gasteiger partial charge is 0.255 e. The van der Waals surface area contributed by atoms with E-state index < -0.39 is 0 Å². The monoisotopic (exact) mass is 299 g/mol. The molecule has 110 valence electrons. The first kappa shape index (κ1) is 15.6. The molecule has 0 aromatic heterocycles. The van der Waals surface area contributed by atoms with Crippen LogP contribution in [0.4, 0.5) is 5.69 Å². The highest BCUT2D eigenvalue weighted by Crippen LogP contribution is 2.23. The van der Waals surface area contributed by atoms with Gasteiger partial charge >= 0.3 is 0 Å². The van der Waals surface area contributed by atoms with Gasteiger partial charge in [0.05, 0.1) is 0 Å². The van der Waals surface area contributed by atoms with Crippen LogP contribution >= 0.6 is 11.8 Å². The van der Waals surface area contributed by atoms with E-state index in [1.54, 1.807) is 11.8 Å². The van der Waals surface area contributed by atoms with E-state index in [1.807, 2.05) is 42.7 Å². The molecule has 2 nitrogen and oxygen atoms in total. The van der Waals surface area contributed by atoms with Crippen LogP contribution in [0.1, 0.15) is 36.7 Å². The van der Waals surface area contributed by atoms with Crippen LogP contribution in [0.2, 0.25) is 0 Å². The van der Waals surface area contributed by atoms with Gasteiger partial charge in [0.15, 0.2) is 0 Å². The van der Waals surface area contributed by atoms with Gasteiger partial charge in [-0.3, -0.25) is 4.79 Å². The van der Waals surface area contributed by atoms with Crippen molar-refractivity contribution in [2.75, 3.05) is 11.6 Å². The molecule has 3 heteroatoms. The third kappa shape index (κ3) is 4.11. The number of benzene rings is 2. The van der Waals surface area contributed by atoms with E-state index in [-0.39, 0.29) is 11.3 Å². The first-order valence-electron chi connectivity index (χ1n) is 6.96.